The van der Waals surface area contributed by atoms with Gasteiger partial charge < -0.3 is 5.73 Å². The standard InChI is InChI=1S/C9H9N3O4S/c10-4-1-5-17(15,16)9-6-7(12(13)14)2-3-8(9)11/h2-3,6H,1,5,11H2. The van der Waals surface area contributed by atoms with Gasteiger partial charge in [-0.25, -0.2) is 8.42 Å². The molecule has 0 aromatic heterocycles. The highest BCUT2D eigenvalue weighted by molar-refractivity contribution is 7.91. The molecule has 90 valence electrons. The van der Waals surface area contributed by atoms with E-state index in [4.69, 9.17) is 11.0 Å². The number of rotatable bonds is 4. The van der Waals surface area contributed by atoms with E-state index in [1.54, 1.807) is 6.07 Å². The van der Waals surface area contributed by atoms with Crippen LogP contribution in [0.3, 0.4) is 0 Å². The highest BCUT2D eigenvalue weighted by Gasteiger charge is 2.20. The maximum Gasteiger partial charge on any atom is 0.270 e. The van der Waals surface area contributed by atoms with E-state index in [-0.39, 0.29) is 22.7 Å². The zero-order valence-electron chi connectivity index (χ0n) is 8.66. The van der Waals surface area contributed by atoms with Crippen LogP contribution in [-0.2, 0) is 9.84 Å². The summed E-state index contributed by atoms with van der Waals surface area (Å²) in [5.41, 5.74) is 5.05. The third kappa shape index (κ3) is 2.92. The monoisotopic (exact) mass is 255 g/mol. The summed E-state index contributed by atoms with van der Waals surface area (Å²) in [5, 5.41) is 18.9. The minimum atomic E-state index is -3.76. The molecule has 0 unspecified atom stereocenters. The van der Waals surface area contributed by atoms with E-state index in [1.165, 1.54) is 0 Å². The van der Waals surface area contributed by atoms with Crippen molar-refractivity contribution >= 4 is 21.2 Å². The molecule has 0 heterocycles. The highest BCUT2D eigenvalue weighted by atomic mass is 32.2. The molecule has 0 atom stereocenters. The zero-order valence-corrected chi connectivity index (χ0v) is 9.48. The SMILES string of the molecule is N#CCCS(=O)(=O)c1cc([N+](=O)[O-])ccc1N. The molecule has 0 bridgehead atoms. The fourth-order valence-electron chi connectivity index (χ4n) is 1.20. The molecule has 0 amide bonds. The largest absolute Gasteiger partial charge is 0.398 e. The lowest BCUT2D eigenvalue weighted by molar-refractivity contribution is -0.385. The second-order valence-electron chi connectivity index (χ2n) is 3.21. The van der Waals surface area contributed by atoms with E-state index < -0.39 is 20.5 Å². The minimum Gasteiger partial charge on any atom is -0.398 e. The maximum absolute atomic E-state index is 11.7. The van der Waals surface area contributed by atoms with Gasteiger partial charge >= 0.3 is 0 Å². The molecular formula is C9H9N3O4S. The van der Waals surface area contributed by atoms with Gasteiger partial charge in [0.1, 0.15) is 0 Å². The van der Waals surface area contributed by atoms with Gasteiger partial charge in [-0.05, 0) is 6.07 Å². The number of sulfone groups is 1. The second kappa shape index (κ2) is 4.80. The molecular weight excluding hydrogens is 246 g/mol. The van der Waals surface area contributed by atoms with Gasteiger partial charge in [0.15, 0.2) is 9.84 Å². The van der Waals surface area contributed by atoms with Crippen LogP contribution in [0.1, 0.15) is 6.42 Å². The molecule has 17 heavy (non-hydrogen) atoms. The summed E-state index contributed by atoms with van der Waals surface area (Å²) < 4.78 is 23.5. The Balaban J connectivity index is 3.26. The molecule has 0 fully saturated rings. The number of nitrogens with two attached hydrogens (primary N) is 1. The van der Waals surface area contributed by atoms with Crippen molar-refractivity contribution in [1.82, 2.24) is 0 Å². The molecule has 0 aliphatic rings. The molecule has 1 aromatic rings. The lowest BCUT2D eigenvalue weighted by atomic mass is 10.3. The van der Waals surface area contributed by atoms with Crippen molar-refractivity contribution in [3.8, 4) is 6.07 Å². The number of hydrogen-bond donors (Lipinski definition) is 1. The van der Waals surface area contributed by atoms with Crippen LogP contribution in [0.15, 0.2) is 23.1 Å². The summed E-state index contributed by atoms with van der Waals surface area (Å²) in [5.74, 6) is -0.408. The van der Waals surface area contributed by atoms with Crippen LogP contribution in [0.2, 0.25) is 0 Å². The Labute approximate surface area is 97.5 Å². The van der Waals surface area contributed by atoms with Crippen LogP contribution in [0, 0.1) is 21.4 Å². The van der Waals surface area contributed by atoms with Crippen molar-refractivity contribution in [3.63, 3.8) is 0 Å². The lowest BCUT2D eigenvalue weighted by Crippen LogP contribution is -2.09. The first-order valence-electron chi connectivity index (χ1n) is 4.52. The van der Waals surface area contributed by atoms with Gasteiger partial charge in [0.25, 0.3) is 5.69 Å². The minimum absolute atomic E-state index is 0.0615. The van der Waals surface area contributed by atoms with E-state index in [2.05, 4.69) is 0 Å². The maximum atomic E-state index is 11.7. The van der Waals surface area contributed by atoms with E-state index in [1.807, 2.05) is 0 Å². The number of benzene rings is 1. The van der Waals surface area contributed by atoms with Gasteiger partial charge in [0, 0.05) is 18.6 Å². The number of nitriles is 1. The van der Waals surface area contributed by atoms with Crippen molar-refractivity contribution in [3.05, 3.63) is 28.3 Å². The van der Waals surface area contributed by atoms with Crippen molar-refractivity contribution in [1.29, 1.82) is 5.26 Å². The summed E-state index contributed by atoms with van der Waals surface area (Å²) >= 11 is 0. The van der Waals surface area contributed by atoms with Crippen molar-refractivity contribution < 1.29 is 13.3 Å². The summed E-state index contributed by atoms with van der Waals surface area (Å²) in [6.45, 7) is 0. The van der Waals surface area contributed by atoms with Gasteiger partial charge in [-0.1, -0.05) is 0 Å². The Bertz CT molecular complexity index is 589. The zero-order chi connectivity index (χ0) is 13.1. The van der Waals surface area contributed by atoms with Crippen molar-refractivity contribution in [2.75, 3.05) is 11.5 Å². The van der Waals surface area contributed by atoms with Gasteiger partial charge in [0.2, 0.25) is 0 Å². The highest BCUT2D eigenvalue weighted by Crippen LogP contribution is 2.25. The first-order valence-corrected chi connectivity index (χ1v) is 6.17. The van der Waals surface area contributed by atoms with E-state index >= 15 is 0 Å². The van der Waals surface area contributed by atoms with Crippen LogP contribution < -0.4 is 5.73 Å². The summed E-state index contributed by atoms with van der Waals surface area (Å²) in [6.07, 6.45) is -0.190. The number of hydrogen-bond acceptors (Lipinski definition) is 6. The third-order valence-electron chi connectivity index (χ3n) is 2.03. The van der Waals surface area contributed by atoms with Crippen LogP contribution in [0.25, 0.3) is 0 Å². The van der Waals surface area contributed by atoms with Gasteiger partial charge in [-0.2, -0.15) is 5.26 Å². The Kier molecular flexibility index (Phi) is 3.65. The Morgan fingerprint density at radius 2 is 2.12 bits per heavy atom. The summed E-state index contributed by atoms with van der Waals surface area (Å²) in [4.78, 5) is 9.51. The first kappa shape index (κ1) is 12.9. The number of nitrogens with zero attached hydrogens (tertiary/aromatic N) is 2. The molecule has 0 saturated carbocycles. The average molecular weight is 255 g/mol. The molecule has 2 N–H and O–H groups in total. The lowest BCUT2D eigenvalue weighted by Gasteiger charge is -2.05. The predicted octanol–water partition coefficient (Wildman–Crippen LogP) is 0.864. The molecule has 0 radical (unpaired) electrons. The van der Waals surface area contributed by atoms with Crippen molar-refractivity contribution in [2.45, 2.75) is 11.3 Å². The smallest absolute Gasteiger partial charge is 0.270 e. The molecule has 0 aliphatic heterocycles. The molecule has 0 saturated heterocycles. The molecule has 7 nitrogen and oxygen atoms in total. The van der Waals surface area contributed by atoms with E-state index in [9.17, 15) is 18.5 Å². The first-order chi connectivity index (χ1) is 7.88. The van der Waals surface area contributed by atoms with E-state index in [0.717, 1.165) is 18.2 Å². The number of nitrogen functional groups attached to an aromatic ring is 1. The number of nitro groups is 1. The molecule has 8 heteroatoms. The third-order valence-corrected chi connectivity index (χ3v) is 3.79. The topological polar surface area (TPSA) is 127 Å². The normalized spacial score (nSPS) is 10.8. The Hall–Kier alpha value is -2.14. The fraction of sp³-hybridized carbons (Fsp3) is 0.222. The van der Waals surface area contributed by atoms with E-state index in [0.29, 0.717) is 0 Å². The van der Waals surface area contributed by atoms with Gasteiger partial charge in [-0.3, -0.25) is 10.1 Å². The predicted molar refractivity (Wildman–Crippen MR) is 59.8 cm³/mol. The Morgan fingerprint density at radius 1 is 1.47 bits per heavy atom. The average Bonchev–Trinajstić information content (AvgIpc) is 2.26. The fourth-order valence-corrected chi connectivity index (χ4v) is 2.50. The molecule has 0 aliphatic carbocycles. The molecule has 0 spiro atoms. The number of anilines is 1. The number of nitro benzene ring substituents is 1. The van der Waals surface area contributed by atoms with Crippen LogP contribution in [0.5, 0.6) is 0 Å². The quantitative estimate of drug-likeness (QED) is 0.483. The van der Waals surface area contributed by atoms with Crippen molar-refractivity contribution in [2.24, 2.45) is 0 Å². The Morgan fingerprint density at radius 3 is 2.65 bits per heavy atom. The second-order valence-corrected chi connectivity index (χ2v) is 5.28. The number of non-ortho nitro benzene ring substituents is 1. The van der Waals surface area contributed by atoms with Gasteiger partial charge in [-0.15, -0.1) is 0 Å². The molecule has 1 aromatic carbocycles. The summed E-state index contributed by atoms with van der Waals surface area (Å²) in [7, 11) is -3.76. The van der Waals surface area contributed by atoms with Crippen LogP contribution >= 0.6 is 0 Å². The van der Waals surface area contributed by atoms with Crippen LogP contribution in [0.4, 0.5) is 11.4 Å². The van der Waals surface area contributed by atoms with Gasteiger partial charge in [0.05, 0.1) is 27.3 Å². The molecule has 1 rings (SSSR count). The van der Waals surface area contributed by atoms with Crippen LogP contribution in [-0.4, -0.2) is 19.1 Å². The summed E-state index contributed by atoms with van der Waals surface area (Å²) in [6, 6.07) is 4.89.